The highest BCUT2D eigenvalue weighted by Crippen LogP contribution is 2.38. The summed E-state index contributed by atoms with van der Waals surface area (Å²) in [5.74, 6) is -0.567. The smallest absolute Gasteiger partial charge is 0.322 e. The molecule has 0 saturated heterocycles. The molecule has 0 radical (unpaired) electrons. The van der Waals surface area contributed by atoms with Gasteiger partial charge in [-0.25, -0.2) is 0 Å². The summed E-state index contributed by atoms with van der Waals surface area (Å²) in [6, 6.07) is 11.8. The molecule has 0 atom stereocenters. The number of hydrogen-bond donors (Lipinski definition) is 4. The van der Waals surface area contributed by atoms with Gasteiger partial charge in [-0.2, -0.15) is 8.42 Å². The van der Waals surface area contributed by atoms with Crippen molar-refractivity contribution in [2.24, 2.45) is 10.3 Å². The number of hydrogen-bond acceptors (Lipinski definition) is 7. The molecular weight excluding hydrogens is 444 g/mol. The number of fused-ring (bicyclic) bond motifs is 2. The molecule has 2 aliphatic rings. The van der Waals surface area contributed by atoms with Crippen LogP contribution in [0.15, 0.2) is 57.3 Å². The van der Waals surface area contributed by atoms with Gasteiger partial charge in [0.05, 0.1) is 17.8 Å². The molecule has 0 fully saturated rings. The van der Waals surface area contributed by atoms with E-state index in [9.17, 15) is 18.3 Å². The van der Waals surface area contributed by atoms with Crippen molar-refractivity contribution in [1.82, 2.24) is 0 Å². The molecule has 2 heterocycles. The van der Waals surface area contributed by atoms with E-state index in [0.717, 1.165) is 12.1 Å². The molecule has 10 heteroatoms. The number of aliphatic hydroxyl groups is 1. The summed E-state index contributed by atoms with van der Waals surface area (Å²) >= 11 is 0. The van der Waals surface area contributed by atoms with E-state index in [-0.39, 0.29) is 29.6 Å². The zero-order chi connectivity index (χ0) is 23.8. The summed E-state index contributed by atoms with van der Waals surface area (Å²) in [5.41, 5.74) is 2.57. The molecule has 9 nitrogen and oxygen atoms in total. The number of rotatable bonds is 7. The molecule has 0 amide bonds. The van der Waals surface area contributed by atoms with Crippen molar-refractivity contribution in [3.8, 4) is 0 Å². The Bertz CT molecular complexity index is 1270. The van der Waals surface area contributed by atoms with Crippen molar-refractivity contribution in [2.45, 2.75) is 25.2 Å². The summed E-state index contributed by atoms with van der Waals surface area (Å²) in [6.07, 6.45) is 0.896. The van der Waals surface area contributed by atoms with Crippen molar-refractivity contribution >= 4 is 44.6 Å². The highest BCUT2D eigenvalue weighted by molar-refractivity contribution is 7.90. The average molecular weight is 471 g/mol. The Balaban J connectivity index is 1.78. The summed E-state index contributed by atoms with van der Waals surface area (Å²) < 4.78 is 29.5. The highest BCUT2D eigenvalue weighted by atomic mass is 32.2. The van der Waals surface area contributed by atoms with Gasteiger partial charge >= 0.3 is 5.97 Å². The summed E-state index contributed by atoms with van der Waals surface area (Å²) in [7, 11) is -3.93. The lowest BCUT2D eigenvalue weighted by atomic mass is 9.97. The first-order chi connectivity index (χ1) is 15.7. The molecule has 0 aliphatic carbocycles. The van der Waals surface area contributed by atoms with Crippen LogP contribution in [0.2, 0.25) is 0 Å². The van der Waals surface area contributed by atoms with E-state index in [1.54, 1.807) is 30.3 Å². The number of anilines is 3. The Labute approximate surface area is 192 Å². The van der Waals surface area contributed by atoms with Crippen LogP contribution >= 0.6 is 0 Å². The second-order valence-corrected chi connectivity index (χ2v) is 10.0. The Kier molecular flexibility index (Phi) is 6.03. The number of sulfonamides is 1. The number of carboxylic acid groups (broad SMARTS) is 1. The van der Waals surface area contributed by atoms with Gasteiger partial charge in [0.1, 0.15) is 17.2 Å². The molecule has 0 saturated carbocycles. The predicted octanol–water partition coefficient (Wildman–Crippen LogP) is 3.53. The van der Waals surface area contributed by atoms with E-state index >= 15 is 0 Å². The molecule has 0 aromatic heterocycles. The minimum absolute atomic E-state index is 0.0790. The third kappa shape index (κ3) is 4.65. The maximum Gasteiger partial charge on any atom is 0.322 e. The third-order valence-electron chi connectivity index (χ3n) is 5.56. The van der Waals surface area contributed by atoms with Crippen molar-refractivity contribution in [3.63, 3.8) is 0 Å². The molecule has 4 N–H and O–H groups in total. The summed E-state index contributed by atoms with van der Waals surface area (Å²) in [6.45, 7) is 4.94. The number of para-hydroxylation sites is 1. The Morgan fingerprint density at radius 1 is 1.24 bits per heavy atom. The van der Waals surface area contributed by atoms with E-state index in [2.05, 4.69) is 33.8 Å². The Morgan fingerprint density at radius 2 is 2.00 bits per heavy atom. The SMILES string of the molecule is CC(C)CCN1CC(C2=NS(=O)(=O)c3ccccc3N2)=C(O)c2cc(NCC(=O)O)ccc21. The number of carboxylic acids is 1. The number of benzene rings is 2. The maximum atomic E-state index is 12.8. The minimum atomic E-state index is -3.93. The molecule has 0 bridgehead atoms. The quantitative estimate of drug-likeness (QED) is 0.483. The number of aliphatic hydroxyl groups excluding tert-OH is 1. The maximum absolute atomic E-state index is 12.8. The van der Waals surface area contributed by atoms with Crippen LogP contribution in [0.25, 0.3) is 5.76 Å². The first-order valence-electron chi connectivity index (χ1n) is 10.6. The molecule has 174 valence electrons. The van der Waals surface area contributed by atoms with Gasteiger partial charge in [0.25, 0.3) is 10.0 Å². The Hall–Kier alpha value is -3.53. The summed E-state index contributed by atoms with van der Waals surface area (Å²) in [5, 5.41) is 26.0. The van der Waals surface area contributed by atoms with Gasteiger partial charge in [-0.3, -0.25) is 4.79 Å². The van der Waals surface area contributed by atoms with E-state index in [1.807, 2.05) is 6.07 Å². The lowest BCUT2D eigenvalue weighted by Crippen LogP contribution is -2.37. The fourth-order valence-corrected chi connectivity index (χ4v) is 4.99. The van der Waals surface area contributed by atoms with Crippen molar-refractivity contribution in [3.05, 3.63) is 53.6 Å². The topological polar surface area (TPSA) is 131 Å². The minimum Gasteiger partial charge on any atom is -0.507 e. The van der Waals surface area contributed by atoms with E-state index in [1.165, 1.54) is 6.07 Å². The lowest BCUT2D eigenvalue weighted by molar-refractivity contribution is -0.134. The van der Waals surface area contributed by atoms with Crippen LogP contribution in [0.4, 0.5) is 17.1 Å². The first-order valence-corrected chi connectivity index (χ1v) is 12.1. The molecule has 0 unspecified atom stereocenters. The van der Waals surface area contributed by atoms with Crippen LogP contribution in [-0.4, -0.2) is 50.1 Å². The van der Waals surface area contributed by atoms with Gasteiger partial charge in [-0.15, -0.1) is 4.40 Å². The summed E-state index contributed by atoms with van der Waals surface area (Å²) in [4.78, 5) is 13.1. The van der Waals surface area contributed by atoms with Gasteiger partial charge in [0, 0.05) is 23.5 Å². The molecule has 0 spiro atoms. The number of aliphatic carboxylic acids is 1. The predicted molar refractivity (Wildman–Crippen MR) is 128 cm³/mol. The molecule has 4 rings (SSSR count). The van der Waals surface area contributed by atoms with Gasteiger partial charge in [0.15, 0.2) is 5.84 Å². The number of nitrogens with one attached hydrogen (secondary N) is 2. The van der Waals surface area contributed by atoms with Gasteiger partial charge in [-0.1, -0.05) is 26.0 Å². The number of nitrogens with zero attached hydrogens (tertiary/aromatic N) is 2. The molecule has 33 heavy (non-hydrogen) atoms. The van der Waals surface area contributed by atoms with Crippen LogP contribution in [0.1, 0.15) is 25.8 Å². The van der Waals surface area contributed by atoms with Crippen LogP contribution in [0.3, 0.4) is 0 Å². The Morgan fingerprint density at radius 3 is 2.73 bits per heavy atom. The van der Waals surface area contributed by atoms with Crippen LogP contribution < -0.4 is 15.5 Å². The van der Waals surface area contributed by atoms with Gasteiger partial charge in [0.2, 0.25) is 0 Å². The van der Waals surface area contributed by atoms with Crippen LogP contribution in [-0.2, 0) is 14.8 Å². The molecule has 2 aromatic carbocycles. The monoisotopic (exact) mass is 470 g/mol. The third-order valence-corrected chi connectivity index (χ3v) is 6.90. The van der Waals surface area contributed by atoms with Gasteiger partial charge < -0.3 is 25.7 Å². The average Bonchev–Trinajstić information content (AvgIpc) is 2.76. The zero-order valence-electron chi connectivity index (χ0n) is 18.4. The van der Waals surface area contributed by atoms with Gasteiger partial charge in [-0.05, 0) is 42.7 Å². The van der Waals surface area contributed by atoms with Crippen LogP contribution in [0, 0.1) is 5.92 Å². The largest absolute Gasteiger partial charge is 0.507 e. The van der Waals surface area contributed by atoms with Crippen molar-refractivity contribution < 1.29 is 23.4 Å². The molecule has 2 aliphatic heterocycles. The standard InChI is InChI=1S/C23H26N4O5S/c1-14(2)9-10-27-13-17(23-25-18-5-3-4-6-20(18)33(31,32)26-23)22(30)16-11-15(7-8-19(16)27)24-12-21(28)29/h3-8,11,14,24,30H,9-10,12-13H2,1-2H3,(H,25,26)(H,28,29). The molecular formula is C23H26N4O5S. The van der Waals surface area contributed by atoms with Crippen molar-refractivity contribution in [1.29, 1.82) is 0 Å². The normalized spacial score (nSPS) is 16.6. The van der Waals surface area contributed by atoms with E-state index in [0.29, 0.717) is 35.0 Å². The zero-order valence-corrected chi connectivity index (χ0v) is 19.2. The first kappa shape index (κ1) is 22.7. The van der Waals surface area contributed by atoms with E-state index in [4.69, 9.17) is 5.11 Å². The number of carbonyl (C=O) groups is 1. The second kappa shape index (κ2) is 8.78. The fourth-order valence-electron chi connectivity index (χ4n) is 3.85. The van der Waals surface area contributed by atoms with Crippen molar-refractivity contribution in [2.75, 3.05) is 35.2 Å². The van der Waals surface area contributed by atoms with Crippen LogP contribution in [0.5, 0.6) is 0 Å². The second-order valence-electron chi connectivity index (χ2n) is 8.45. The highest BCUT2D eigenvalue weighted by Gasteiger charge is 2.32. The van der Waals surface area contributed by atoms with E-state index < -0.39 is 16.0 Å². The lowest BCUT2D eigenvalue weighted by Gasteiger charge is -2.34. The number of amidine groups is 1. The molecule has 2 aromatic rings. The fraction of sp³-hybridized carbons (Fsp3) is 0.304.